The zero-order valence-electron chi connectivity index (χ0n) is 16.0. The van der Waals surface area contributed by atoms with Gasteiger partial charge in [-0.25, -0.2) is 9.59 Å². The molecule has 154 valence electrons. The van der Waals surface area contributed by atoms with E-state index >= 15 is 0 Å². The maximum Gasteiger partial charge on any atom is 0.336 e. The number of nitrogens with one attached hydrogen (secondary N) is 2. The van der Waals surface area contributed by atoms with Crippen molar-refractivity contribution < 1.29 is 29.4 Å². The summed E-state index contributed by atoms with van der Waals surface area (Å²) in [6.45, 7) is 7.30. The molecule has 0 radical (unpaired) electrons. The van der Waals surface area contributed by atoms with E-state index in [9.17, 15) is 29.4 Å². The van der Waals surface area contributed by atoms with Gasteiger partial charge in [-0.1, -0.05) is 24.3 Å². The Morgan fingerprint density at radius 2 is 1.07 bits per heavy atom. The summed E-state index contributed by atoms with van der Waals surface area (Å²) in [4.78, 5) is 47.7. The van der Waals surface area contributed by atoms with Crippen molar-refractivity contribution in [2.45, 2.75) is 0 Å². The molecule has 30 heavy (non-hydrogen) atoms. The molecule has 0 aliphatic rings. The van der Waals surface area contributed by atoms with Crippen molar-refractivity contribution in [1.29, 1.82) is 0 Å². The molecule has 2 aromatic carbocycles. The topological polar surface area (TPSA) is 133 Å². The van der Waals surface area contributed by atoms with Crippen LogP contribution >= 0.6 is 0 Å². The number of carboxylic acid groups (broad SMARTS) is 2. The number of carboxylic acids is 2. The summed E-state index contributed by atoms with van der Waals surface area (Å²) in [5, 5.41) is 23.8. The van der Waals surface area contributed by atoms with Crippen LogP contribution in [0.5, 0.6) is 0 Å². The molecular formula is C22H20N2O6. The molecular weight excluding hydrogens is 388 g/mol. The van der Waals surface area contributed by atoms with Crippen LogP contribution in [0.2, 0.25) is 0 Å². The van der Waals surface area contributed by atoms with E-state index < -0.39 is 23.8 Å². The second-order valence-corrected chi connectivity index (χ2v) is 6.13. The summed E-state index contributed by atoms with van der Waals surface area (Å²) in [6, 6.07) is 8.28. The second-order valence-electron chi connectivity index (χ2n) is 6.13. The first-order valence-electron chi connectivity index (χ1n) is 8.83. The van der Waals surface area contributed by atoms with Crippen LogP contribution in [0.1, 0.15) is 41.4 Å². The fraction of sp³-hybridized carbons (Fsp3) is 0.0909. The van der Waals surface area contributed by atoms with E-state index in [0.717, 1.165) is 0 Å². The molecule has 2 rings (SSSR count). The average molecular weight is 408 g/mol. The summed E-state index contributed by atoms with van der Waals surface area (Å²) in [5.74, 6) is -3.73. The highest BCUT2D eigenvalue weighted by atomic mass is 16.4. The summed E-state index contributed by atoms with van der Waals surface area (Å²) >= 11 is 0. The van der Waals surface area contributed by atoms with Gasteiger partial charge < -0.3 is 20.8 Å². The highest BCUT2D eigenvalue weighted by Crippen LogP contribution is 2.26. The molecule has 0 atom stereocenters. The zero-order chi connectivity index (χ0) is 22.3. The van der Waals surface area contributed by atoms with E-state index in [4.69, 9.17) is 0 Å². The quantitative estimate of drug-likeness (QED) is 0.472. The predicted molar refractivity (Wildman–Crippen MR) is 111 cm³/mol. The molecule has 0 heterocycles. The van der Waals surface area contributed by atoms with Gasteiger partial charge in [-0.15, -0.1) is 13.2 Å². The molecule has 8 nitrogen and oxygen atoms in total. The van der Waals surface area contributed by atoms with Crippen LogP contribution in [0.3, 0.4) is 0 Å². The molecule has 0 aliphatic carbocycles. The van der Waals surface area contributed by atoms with Gasteiger partial charge in [0.05, 0.1) is 22.3 Å². The van der Waals surface area contributed by atoms with E-state index in [1.807, 2.05) is 0 Å². The fourth-order valence-corrected chi connectivity index (χ4v) is 2.72. The summed E-state index contributed by atoms with van der Waals surface area (Å²) in [5.41, 5.74) is 0.374. The minimum Gasteiger partial charge on any atom is -0.478 e. The Morgan fingerprint density at radius 3 is 1.37 bits per heavy atom. The van der Waals surface area contributed by atoms with Gasteiger partial charge in [0.25, 0.3) is 11.8 Å². The Bertz CT molecular complexity index is 958. The van der Waals surface area contributed by atoms with E-state index in [-0.39, 0.29) is 35.3 Å². The standard InChI is InChI=1S/C22H20N2O6/c1-3-9-23-19(25)17-11-13(5-7-15(17)21(27)28)14-6-8-16(22(29)30)18(12-14)20(26)24-10-4-2/h3-8,11-12H,1-2,9-10H2,(H,23,25)(H,24,26)(H,27,28)(H,29,30). The number of rotatable bonds is 9. The molecule has 0 aliphatic heterocycles. The fourth-order valence-electron chi connectivity index (χ4n) is 2.72. The Labute approximate surface area is 172 Å². The van der Waals surface area contributed by atoms with Crippen molar-refractivity contribution >= 4 is 23.8 Å². The normalized spacial score (nSPS) is 10.0. The number of carbonyl (C=O) groups excluding carboxylic acids is 2. The highest BCUT2D eigenvalue weighted by molar-refractivity contribution is 6.07. The molecule has 0 spiro atoms. The van der Waals surface area contributed by atoms with Gasteiger partial charge in [0, 0.05) is 13.1 Å². The monoisotopic (exact) mass is 408 g/mol. The van der Waals surface area contributed by atoms with Crippen molar-refractivity contribution in [1.82, 2.24) is 10.6 Å². The second kappa shape index (κ2) is 9.83. The van der Waals surface area contributed by atoms with E-state index in [2.05, 4.69) is 23.8 Å². The summed E-state index contributed by atoms with van der Waals surface area (Å²) in [7, 11) is 0. The number of carbonyl (C=O) groups is 4. The Morgan fingerprint density at radius 1 is 0.700 bits per heavy atom. The molecule has 2 aromatic rings. The van der Waals surface area contributed by atoms with Crippen LogP contribution in [0.15, 0.2) is 61.7 Å². The summed E-state index contributed by atoms with van der Waals surface area (Å²) < 4.78 is 0. The SMILES string of the molecule is C=CCNC(=O)c1cc(-c2ccc(C(=O)O)c(C(=O)NCC=C)c2)ccc1C(=O)O. The molecule has 0 fully saturated rings. The zero-order valence-corrected chi connectivity index (χ0v) is 16.0. The number of amides is 2. The van der Waals surface area contributed by atoms with Gasteiger partial charge >= 0.3 is 11.9 Å². The van der Waals surface area contributed by atoms with Crippen LogP contribution in [0.4, 0.5) is 0 Å². The van der Waals surface area contributed by atoms with Crippen molar-refractivity contribution in [3.8, 4) is 11.1 Å². The Kier molecular flexibility index (Phi) is 7.24. The van der Waals surface area contributed by atoms with Gasteiger partial charge in [0.2, 0.25) is 0 Å². The van der Waals surface area contributed by atoms with Crippen LogP contribution in [0, 0.1) is 0 Å². The van der Waals surface area contributed by atoms with E-state index in [0.29, 0.717) is 11.1 Å². The Hall–Kier alpha value is -4.20. The third-order valence-electron chi connectivity index (χ3n) is 4.14. The molecule has 0 unspecified atom stereocenters. The molecule has 0 saturated carbocycles. The predicted octanol–water partition coefficient (Wildman–Crippen LogP) is 2.58. The van der Waals surface area contributed by atoms with Crippen molar-refractivity contribution in [2.75, 3.05) is 13.1 Å². The number of aromatic carboxylic acids is 2. The first kappa shape index (κ1) is 22.1. The smallest absolute Gasteiger partial charge is 0.336 e. The first-order valence-corrected chi connectivity index (χ1v) is 8.83. The number of hydrogen-bond acceptors (Lipinski definition) is 4. The molecule has 2 amide bonds. The minimum absolute atomic E-state index is 0.0678. The third-order valence-corrected chi connectivity index (χ3v) is 4.14. The lowest BCUT2D eigenvalue weighted by molar-refractivity contribution is 0.0682. The van der Waals surface area contributed by atoms with Gasteiger partial charge in [-0.3, -0.25) is 9.59 Å². The number of hydrogen-bond donors (Lipinski definition) is 4. The first-order chi connectivity index (χ1) is 14.3. The Balaban J connectivity index is 2.57. The number of benzene rings is 2. The lowest BCUT2D eigenvalue weighted by Crippen LogP contribution is -2.25. The lowest BCUT2D eigenvalue weighted by Gasteiger charge is -2.12. The van der Waals surface area contributed by atoms with Crippen molar-refractivity contribution in [3.05, 3.63) is 84.0 Å². The van der Waals surface area contributed by atoms with Crippen LogP contribution in [0.25, 0.3) is 11.1 Å². The molecule has 8 heteroatoms. The molecule has 0 bridgehead atoms. The maximum absolute atomic E-state index is 12.4. The van der Waals surface area contributed by atoms with Crippen LogP contribution < -0.4 is 10.6 Å². The third kappa shape index (κ3) is 4.99. The average Bonchev–Trinajstić information content (AvgIpc) is 2.74. The molecule has 4 N–H and O–H groups in total. The lowest BCUT2D eigenvalue weighted by atomic mass is 9.95. The highest BCUT2D eigenvalue weighted by Gasteiger charge is 2.20. The van der Waals surface area contributed by atoms with E-state index in [1.165, 1.54) is 48.6 Å². The van der Waals surface area contributed by atoms with Gasteiger partial charge in [0.15, 0.2) is 0 Å². The summed E-state index contributed by atoms with van der Waals surface area (Å²) in [6.07, 6.45) is 2.92. The van der Waals surface area contributed by atoms with E-state index in [1.54, 1.807) is 0 Å². The van der Waals surface area contributed by atoms with Gasteiger partial charge in [0.1, 0.15) is 0 Å². The van der Waals surface area contributed by atoms with Crippen molar-refractivity contribution in [3.63, 3.8) is 0 Å². The minimum atomic E-state index is -1.27. The van der Waals surface area contributed by atoms with Crippen molar-refractivity contribution in [2.24, 2.45) is 0 Å². The molecule has 0 saturated heterocycles. The maximum atomic E-state index is 12.4. The largest absolute Gasteiger partial charge is 0.478 e. The van der Waals surface area contributed by atoms with Crippen LogP contribution in [-0.4, -0.2) is 47.1 Å². The van der Waals surface area contributed by atoms with Gasteiger partial charge in [-0.2, -0.15) is 0 Å². The molecule has 0 aromatic heterocycles. The van der Waals surface area contributed by atoms with Crippen LogP contribution in [-0.2, 0) is 0 Å². The van der Waals surface area contributed by atoms with Gasteiger partial charge in [-0.05, 0) is 35.4 Å².